The highest BCUT2D eigenvalue weighted by atomic mass is 32.1. The first-order valence-corrected chi connectivity index (χ1v) is 9.15. The molecule has 0 bridgehead atoms. The molecule has 0 spiro atoms. The second-order valence-electron chi connectivity index (χ2n) is 6.68. The molecule has 1 saturated heterocycles. The Morgan fingerprint density at radius 1 is 1.12 bits per heavy atom. The Hall–Kier alpha value is -2.01. The highest BCUT2D eigenvalue weighted by Crippen LogP contribution is 2.38. The fraction of sp³-hybridized carbons (Fsp3) is 0.500. The van der Waals surface area contributed by atoms with E-state index >= 15 is 0 Å². The molecule has 1 aliphatic carbocycles. The first kappa shape index (κ1) is 16.5. The van der Waals surface area contributed by atoms with Gasteiger partial charge in [-0.1, -0.05) is 5.92 Å². The van der Waals surface area contributed by atoms with E-state index in [-0.39, 0.29) is 0 Å². The minimum atomic E-state index is 0.497. The average molecular weight is 354 g/mol. The van der Waals surface area contributed by atoms with Gasteiger partial charge in [0.2, 0.25) is 0 Å². The van der Waals surface area contributed by atoms with Gasteiger partial charge >= 0.3 is 0 Å². The summed E-state index contributed by atoms with van der Waals surface area (Å²) in [5.41, 5.74) is 1.07. The van der Waals surface area contributed by atoms with Gasteiger partial charge in [0.15, 0.2) is 10.6 Å². The third kappa shape index (κ3) is 3.52. The number of rotatable bonds is 5. The molecular formula is C18H22N6S. The van der Waals surface area contributed by atoms with E-state index in [1.165, 1.54) is 12.8 Å². The third-order valence-electron chi connectivity index (χ3n) is 4.83. The van der Waals surface area contributed by atoms with Crippen molar-refractivity contribution in [3.05, 3.63) is 29.3 Å². The van der Waals surface area contributed by atoms with E-state index in [2.05, 4.69) is 25.3 Å². The maximum absolute atomic E-state index is 5.75. The zero-order chi connectivity index (χ0) is 17.2. The van der Waals surface area contributed by atoms with E-state index in [9.17, 15) is 0 Å². The molecule has 4 rings (SSSR count). The first-order valence-electron chi connectivity index (χ1n) is 8.74. The molecule has 1 saturated carbocycles. The van der Waals surface area contributed by atoms with Crippen LogP contribution in [0, 0.1) is 17.1 Å². The lowest BCUT2D eigenvalue weighted by Gasteiger charge is -2.33. The zero-order valence-corrected chi connectivity index (χ0v) is 15.0. The summed E-state index contributed by atoms with van der Waals surface area (Å²) in [6, 6.07) is 4.49. The van der Waals surface area contributed by atoms with Crippen molar-refractivity contribution in [3.63, 3.8) is 0 Å². The molecule has 2 fully saturated rings. The predicted molar refractivity (Wildman–Crippen MR) is 99.4 cm³/mol. The summed E-state index contributed by atoms with van der Waals surface area (Å²) in [7, 11) is 0. The Labute approximate surface area is 153 Å². The SMILES string of the molecule is C#CCN1CCN(Cn2nc(-c3ccncc3)n(C3CC3)c2=S)CC1. The molecule has 2 aliphatic rings. The van der Waals surface area contributed by atoms with Crippen LogP contribution >= 0.6 is 12.2 Å². The van der Waals surface area contributed by atoms with E-state index < -0.39 is 0 Å². The molecule has 0 N–H and O–H groups in total. The van der Waals surface area contributed by atoms with Crippen LogP contribution in [0.25, 0.3) is 11.4 Å². The number of piperazine rings is 1. The first-order chi connectivity index (χ1) is 12.3. The average Bonchev–Trinajstić information content (AvgIpc) is 3.43. The van der Waals surface area contributed by atoms with Gasteiger partial charge < -0.3 is 0 Å². The Kier molecular flexibility index (Phi) is 4.66. The van der Waals surface area contributed by atoms with Gasteiger partial charge in [-0.15, -0.1) is 6.42 Å². The number of terminal acetylenes is 1. The van der Waals surface area contributed by atoms with Crippen LogP contribution in [0.15, 0.2) is 24.5 Å². The minimum absolute atomic E-state index is 0.497. The van der Waals surface area contributed by atoms with E-state index in [0.717, 1.165) is 55.6 Å². The second kappa shape index (κ2) is 7.08. The highest BCUT2D eigenvalue weighted by Gasteiger charge is 2.29. The lowest BCUT2D eigenvalue weighted by atomic mass is 10.2. The van der Waals surface area contributed by atoms with Gasteiger partial charge in [-0.3, -0.25) is 19.4 Å². The van der Waals surface area contributed by atoms with E-state index in [1.54, 1.807) is 12.4 Å². The van der Waals surface area contributed by atoms with Crippen molar-refractivity contribution in [1.82, 2.24) is 29.1 Å². The van der Waals surface area contributed by atoms with Crippen molar-refractivity contribution in [3.8, 4) is 23.7 Å². The summed E-state index contributed by atoms with van der Waals surface area (Å²) < 4.78 is 5.01. The molecule has 6 nitrogen and oxygen atoms in total. The van der Waals surface area contributed by atoms with Crippen LogP contribution in [0.2, 0.25) is 0 Å². The minimum Gasteiger partial charge on any atom is -0.297 e. The Balaban J connectivity index is 1.55. The van der Waals surface area contributed by atoms with Crippen LogP contribution in [-0.2, 0) is 6.67 Å². The lowest BCUT2D eigenvalue weighted by Crippen LogP contribution is -2.46. The molecule has 0 aromatic carbocycles. The summed E-state index contributed by atoms with van der Waals surface area (Å²) in [5, 5.41) is 4.85. The summed E-state index contributed by atoms with van der Waals surface area (Å²) in [6.07, 6.45) is 11.4. The summed E-state index contributed by atoms with van der Waals surface area (Å²) in [5.74, 6) is 3.68. The lowest BCUT2D eigenvalue weighted by molar-refractivity contribution is 0.111. The largest absolute Gasteiger partial charge is 0.297 e. The highest BCUT2D eigenvalue weighted by molar-refractivity contribution is 7.71. The molecule has 130 valence electrons. The summed E-state index contributed by atoms with van der Waals surface area (Å²) in [4.78, 5) is 8.81. The third-order valence-corrected chi connectivity index (χ3v) is 5.24. The Morgan fingerprint density at radius 3 is 2.44 bits per heavy atom. The van der Waals surface area contributed by atoms with Crippen molar-refractivity contribution in [2.24, 2.45) is 0 Å². The van der Waals surface area contributed by atoms with Crippen LogP contribution < -0.4 is 0 Å². The fourth-order valence-corrected chi connectivity index (χ4v) is 3.61. The van der Waals surface area contributed by atoms with Crippen LogP contribution in [0.1, 0.15) is 18.9 Å². The monoisotopic (exact) mass is 354 g/mol. The van der Waals surface area contributed by atoms with Gasteiger partial charge in [0.25, 0.3) is 0 Å². The smallest absolute Gasteiger partial charge is 0.199 e. The van der Waals surface area contributed by atoms with Gasteiger partial charge in [-0.05, 0) is 37.2 Å². The van der Waals surface area contributed by atoms with Gasteiger partial charge in [0.05, 0.1) is 13.2 Å². The standard InChI is InChI=1S/C18H22N6S/c1-2-9-21-10-12-22(13-11-21)14-23-18(25)24(16-3-4-16)17(20-23)15-5-7-19-8-6-15/h1,5-8,16H,3-4,9-14H2. The van der Waals surface area contributed by atoms with Crippen molar-refractivity contribution in [2.45, 2.75) is 25.6 Å². The number of nitrogens with zero attached hydrogens (tertiary/aromatic N) is 6. The Bertz CT molecular complexity index is 821. The quantitative estimate of drug-likeness (QED) is 0.607. The topological polar surface area (TPSA) is 42.1 Å². The molecule has 0 atom stereocenters. The second-order valence-corrected chi connectivity index (χ2v) is 7.05. The molecule has 3 heterocycles. The van der Waals surface area contributed by atoms with E-state index in [1.807, 2.05) is 16.8 Å². The van der Waals surface area contributed by atoms with Crippen LogP contribution in [0.4, 0.5) is 0 Å². The van der Waals surface area contributed by atoms with Gasteiger partial charge in [0.1, 0.15) is 0 Å². The van der Waals surface area contributed by atoms with Crippen LogP contribution in [-0.4, -0.2) is 61.9 Å². The maximum Gasteiger partial charge on any atom is 0.199 e. The molecule has 0 radical (unpaired) electrons. The maximum atomic E-state index is 5.75. The number of hydrogen-bond acceptors (Lipinski definition) is 5. The summed E-state index contributed by atoms with van der Waals surface area (Å²) >= 11 is 5.75. The molecule has 2 aromatic heterocycles. The molecule has 0 unspecified atom stereocenters. The predicted octanol–water partition coefficient (Wildman–Crippen LogP) is 2.02. The van der Waals surface area contributed by atoms with Crippen LogP contribution in [0.3, 0.4) is 0 Å². The van der Waals surface area contributed by atoms with Crippen molar-refractivity contribution < 1.29 is 0 Å². The van der Waals surface area contributed by atoms with Crippen molar-refractivity contribution in [1.29, 1.82) is 0 Å². The summed E-state index contributed by atoms with van der Waals surface area (Å²) in [6.45, 7) is 5.45. The van der Waals surface area contributed by atoms with Gasteiger partial charge in [-0.25, -0.2) is 4.68 Å². The number of pyridine rings is 1. The van der Waals surface area contributed by atoms with Gasteiger partial charge in [-0.2, -0.15) is 5.10 Å². The van der Waals surface area contributed by atoms with Crippen molar-refractivity contribution >= 4 is 12.2 Å². The molecule has 25 heavy (non-hydrogen) atoms. The van der Waals surface area contributed by atoms with E-state index in [0.29, 0.717) is 6.04 Å². The fourth-order valence-electron chi connectivity index (χ4n) is 3.28. The molecule has 2 aromatic rings. The zero-order valence-electron chi connectivity index (χ0n) is 14.2. The Morgan fingerprint density at radius 2 is 1.80 bits per heavy atom. The molecule has 7 heteroatoms. The van der Waals surface area contributed by atoms with E-state index in [4.69, 9.17) is 23.7 Å². The number of aromatic nitrogens is 4. The molecule has 1 aliphatic heterocycles. The molecule has 0 amide bonds. The number of hydrogen-bond donors (Lipinski definition) is 0. The van der Waals surface area contributed by atoms with Gasteiger partial charge in [0, 0.05) is 50.2 Å². The van der Waals surface area contributed by atoms with Crippen LogP contribution in [0.5, 0.6) is 0 Å². The normalized spacial score (nSPS) is 19.0. The molecular weight excluding hydrogens is 332 g/mol. The van der Waals surface area contributed by atoms with Crippen molar-refractivity contribution in [2.75, 3.05) is 32.7 Å².